The molecule has 1 N–H and O–H groups in total. The summed E-state index contributed by atoms with van der Waals surface area (Å²) in [6.45, 7) is 0. The van der Waals surface area contributed by atoms with E-state index in [9.17, 15) is 4.79 Å². The summed E-state index contributed by atoms with van der Waals surface area (Å²) in [6, 6.07) is 14.8. The van der Waals surface area contributed by atoms with Crippen LogP contribution < -0.4 is 5.43 Å². The molecule has 2 aromatic carbocycles. The summed E-state index contributed by atoms with van der Waals surface area (Å²) >= 11 is 3.33. The van der Waals surface area contributed by atoms with E-state index in [0.717, 1.165) is 15.7 Å². The van der Waals surface area contributed by atoms with Crippen molar-refractivity contribution in [2.24, 2.45) is 5.10 Å². The van der Waals surface area contributed by atoms with Gasteiger partial charge >= 0.3 is 0 Å². The van der Waals surface area contributed by atoms with Crippen LogP contribution in [0.1, 0.15) is 15.9 Å². The molecule has 0 aliphatic heterocycles. The summed E-state index contributed by atoms with van der Waals surface area (Å²) in [4.78, 5) is 15.9. The molecule has 0 unspecified atom stereocenters. The monoisotopic (exact) mass is 368 g/mol. The van der Waals surface area contributed by atoms with Gasteiger partial charge in [0.1, 0.15) is 0 Å². The molecule has 0 aliphatic rings. The lowest BCUT2D eigenvalue weighted by atomic mass is 10.2. The molecule has 0 saturated carbocycles. The number of halogens is 1. The van der Waals surface area contributed by atoms with Crippen LogP contribution in [0.5, 0.6) is 0 Å². The fourth-order valence-electron chi connectivity index (χ4n) is 1.98. The molecule has 0 fully saturated rings. The van der Waals surface area contributed by atoms with Crippen LogP contribution in [0.3, 0.4) is 0 Å². The van der Waals surface area contributed by atoms with Crippen LogP contribution in [0.25, 0.3) is 5.69 Å². The van der Waals surface area contributed by atoms with Crippen molar-refractivity contribution < 1.29 is 4.79 Å². The third kappa shape index (κ3) is 3.92. The predicted octanol–water partition coefficient (Wildman–Crippen LogP) is 3.40. The van der Waals surface area contributed by atoms with Crippen molar-refractivity contribution in [3.8, 4) is 5.69 Å². The van der Waals surface area contributed by atoms with E-state index in [1.165, 1.54) is 0 Å². The number of hydrazone groups is 1. The van der Waals surface area contributed by atoms with E-state index in [1.807, 2.05) is 47.2 Å². The summed E-state index contributed by atoms with van der Waals surface area (Å²) in [5.41, 5.74) is 4.97. The molecule has 0 radical (unpaired) electrons. The molecule has 3 aromatic rings. The van der Waals surface area contributed by atoms with Crippen LogP contribution in [0.15, 0.2) is 76.8 Å². The molecule has 6 heteroatoms. The summed E-state index contributed by atoms with van der Waals surface area (Å²) in [6.07, 6.45) is 6.95. The van der Waals surface area contributed by atoms with Gasteiger partial charge in [0.05, 0.1) is 12.5 Å². The first kappa shape index (κ1) is 15.2. The second-order valence-electron chi connectivity index (χ2n) is 4.77. The van der Waals surface area contributed by atoms with Crippen LogP contribution in [0.2, 0.25) is 0 Å². The molecule has 114 valence electrons. The number of aromatic nitrogens is 2. The first-order chi connectivity index (χ1) is 11.2. The third-order valence-corrected chi connectivity index (χ3v) is 3.71. The highest BCUT2D eigenvalue weighted by atomic mass is 79.9. The number of hydrogen-bond donors (Lipinski definition) is 1. The summed E-state index contributed by atoms with van der Waals surface area (Å²) in [7, 11) is 0. The normalized spacial score (nSPS) is 10.8. The van der Waals surface area contributed by atoms with E-state index >= 15 is 0 Å². The van der Waals surface area contributed by atoms with E-state index in [-0.39, 0.29) is 5.91 Å². The molecule has 0 bridgehead atoms. The molecule has 0 saturated heterocycles. The van der Waals surface area contributed by atoms with E-state index < -0.39 is 0 Å². The Kier molecular flexibility index (Phi) is 4.63. The van der Waals surface area contributed by atoms with E-state index in [1.54, 1.807) is 30.9 Å². The molecular formula is C17H13BrN4O. The minimum Gasteiger partial charge on any atom is -0.306 e. The molecule has 3 rings (SSSR count). The van der Waals surface area contributed by atoms with Gasteiger partial charge in [0.25, 0.3) is 5.91 Å². The van der Waals surface area contributed by atoms with Crippen LogP contribution in [0.4, 0.5) is 0 Å². The maximum Gasteiger partial charge on any atom is 0.271 e. The van der Waals surface area contributed by atoms with Crippen molar-refractivity contribution in [2.75, 3.05) is 0 Å². The molecule has 23 heavy (non-hydrogen) atoms. The van der Waals surface area contributed by atoms with Crippen molar-refractivity contribution in [3.63, 3.8) is 0 Å². The Labute approximate surface area is 141 Å². The number of nitrogens with one attached hydrogen (secondary N) is 1. The molecule has 1 aromatic heterocycles. The Morgan fingerprint density at radius 2 is 1.87 bits per heavy atom. The number of imidazole rings is 1. The Morgan fingerprint density at radius 3 is 2.52 bits per heavy atom. The quantitative estimate of drug-likeness (QED) is 0.566. The SMILES string of the molecule is O=C(N/N=C/c1ccc(-n2ccnc2)cc1)c1ccc(Br)cc1. The highest BCUT2D eigenvalue weighted by Crippen LogP contribution is 2.10. The number of hydrogen-bond acceptors (Lipinski definition) is 3. The fourth-order valence-corrected chi connectivity index (χ4v) is 2.24. The molecule has 1 amide bonds. The highest BCUT2D eigenvalue weighted by molar-refractivity contribution is 9.10. The van der Waals surface area contributed by atoms with Gasteiger partial charge in [0, 0.05) is 28.1 Å². The van der Waals surface area contributed by atoms with Gasteiger partial charge in [-0.2, -0.15) is 5.10 Å². The van der Waals surface area contributed by atoms with Gasteiger partial charge in [-0.05, 0) is 42.0 Å². The van der Waals surface area contributed by atoms with Crippen molar-refractivity contribution in [3.05, 3.63) is 82.9 Å². The largest absolute Gasteiger partial charge is 0.306 e. The minimum atomic E-state index is -0.246. The van der Waals surface area contributed by atoms with Gasteiger partial charge < -0.3 is 4.57 Å². The van der Waals surface area contributed by atoms with Crippen molar-refractivity contribution in [1.82, 2.24) is 15.0 Å². The van der Waals surface area contributed by atoms with Gasteiger partial charge in [-0.25, -0.2) is 10.4 Å². The first-order valence-corrected chi connectivity index (χ1v) is 7.69. The van der Waals surface area contributed by atoms with E-state index in [2.05, 4.69) is 31.4 Å². The lowest BCUT2D eigenvalue weighted by molar-refractivity contribution is 0.0955. The molecule has 1 heterocycles. The Morgan fingerprint density at radius 1 is 1.13 bits per heavy atom. The summed E-state index contributed by atoms with van der Waals surface area (Å²) < 4.78 is 2.84. The van der Waals surface area contributed by atoms with Gasteiger partial charge in [-0.3, -0.25) is 4.79 Å². The Balaban J connectivity index is 1.61. The number of carbonyl (C=O) groups is 1. The van der Waals surface area contributed by atoms with Gasteiger partial charge in [0.15, 0.2) is 0 Å². The van der Waals surface area contributed by atoms with E-state index in [4.69, 9.17) is 0 Å². The van der Waals surface area contributed by atoms with Crippen LogP contribution in [-0.4, -0.2) is 21.7 Å². The second-order valence-corrected chi connectivity index (χ2v) is 5.68. The Bertz CT molecular complexity index is 809. The Hall–Kier alpha value is -2.73. The maximum atomic E-state index is 11.9. The number of nitrogens with zero attached hydrogens (tertiary/aromatic N) is 3. The zero-order valence-electron chi connectivity index (χ0n) is 12.1. The van der Waals surface area contributed by atoms with Crippen LogP contribution in [0, 0.1) is 0 Å². The summed E-state index contributed by atoms with van der Waals surface area (Å²) in [5.74, 6) is -0.246. The second kappa shape index (κ2) is 7.02. The number of benzene rings is 2. The average Bonchev–Trinajstić information content (AvgIpc) is 3.10. The minimum absolute atomic E-state index is 0.246. The fraction of sp³-hybridized carbons (Fsp3) is 0. The van der Waals surface area contributed by atoms with Gasteiger partial charge in [-0.15, -0.1) is 0 Å². The van der Waals surface area contributed by atoms with Crippen LogP contribution >= 0.6 is 15.9 Å². The zero-order valence-corrected chi connectivity index (χ0v) is 13.6. The number of carbonyl (C=O) groups excluding carboxylic acids is 1. The standard InChI is InChI=1S/C17H13BrN4O/c18-15-5-3-14(4-6-15)17(23)21-20-11-13-1-7-16(8-2-13)22-10-9-19-12-22/h1-12H,(H,21,23)/b20-11+. The molecule has 0 aliphatic carbocycles. The lowest BCUT2D eigenvalue weighted by Gasteiger charge is -2.02. The zero-order chi connectivity index (χ0) is 16.1. The van der Waals surface area contributed by atoms with Gasteiger partial charge in [0.2, 0.25) is 0 Å². The first-order valence-electron chi connectivity index (χ1n) is 6.90. The molecule has 0 atom stereocenters. The van der Waals surface area contributed by atoms with Gasteiger partial charge in [-0.1, -0.05) is 28.1 Å². The van der Waals surface area contributed by atoms with Crippen molar-refractivity contribution >= 4 is 28.1 Å². The molecular weight excluding hydrogens is 356 g/mol. The third-order valence-electron chi connectivity index (χ3n) is 3.18. The molecule has 5 nitrogen and oxygen atoms in total. The summed E-state index contributed by atoms with van der Waals surface area (Å²) in [5, 5.41) is 3.98. The maximum absolute atomic E-state index is 11.9. The topological polar surface area (TPSA) is 59.3 Å². The number of amides is 1. The molecule has 0 spiro atoms. The van der Waals surface area contributed by atoms with Crippen LogP contribution in [-0.2, 0) is 0 Å². The lowest BCUT2D eigenvalue weighted by Crippen LogP contribution is -2.17. The van der Waals surface area contributed by atoms with Crippen molar-refractivity contribution in [1.29, 1.82) is 0 Å². The average molecular weight is 369 g/mol. The smallest absolute Gasteiger partial charge is 0.271 e. The van der Waals surface area contributed by atoms with E-state index in [0.29, 0.717) is 5.56 Å². The highest BCUT2D eigenvalue weighted by Gasteiger charge is 2.02. The van der Waals surface area contributed by atoms with Crippen molar-refractivity contribution in [2.45, 2.75) is 0 Å². The number of rotatable bonds is 4. The predicted molar refractivity (Wildman–Crippen MR) is 92.8 cm³/mol.